The zero-order valence-electron chi connectivity index (χ0n) is 19.4. The molecule has 2 saturated heterocycles. The topological polar surface area (TPSA) is 69.7 Å². The number of ether oxygens (including phenoxy) is 5. The van der Waals surface area contributed by atoms with Gasteiger partial charge in [0.05, 0.1) is 19.3 Å². The van der Waals surface area contributed by atoms with Gasteiger partial charge in [-0.2, -0.15) is 0 Å². The summed E-state index contributed by atoms with van der Waals surface area (Å²) in [6.45, 7) is 7.05. The predicted octanol–water partition coefficient (Wildman–Crippen LogP) is 2.95. The maximum Gasteiger partial charge on any atom is 0.254 e. The van der Waals surface area contributed by atoms with Crippen molar-refractivity contribution in [2.45, 2.75) is 25.5 Å². The van der Waals surface area contributed by atoms with Gasteiger partial charge < -0.3 is 28.6 Å². The minimum absolute atomic E-state index is 0.0420. The van der Waals surface area contributed by atoms with Crippen molar-refractivity contribution in [1.82, 2.24) is 9.80 Å². The Bertz CT molecular complexity index is 954. The molecule has 3 aliphatic heterocycles. The van der Waals surface area contributed by atoms with E-state index in [1.165, 1.54) is 0 Å². The molecule has 0 radical (unpaired) electrons. The van der Waals surface area contributed by atoms with Crippen LogP contribution in [-0.4, -0.2) is 81.2 Å². The second-order valence-corrected chi connectivity index (χ2v) is 8.84. The molecule has 1 atom stereocenters. The average Bonchev–Trinajstić information content (AvgIpc) is 3.56. The highest BCUT2D eigenvalue weighted by Crippen LogP contribution is 2.33. The van der Waals surface area contributed by atoms with Crippen molar-refractivity contribution in [3.63, 3.8) is 0 Å². The number of carbonyl (C=O) groups excluding carboxylic acids is 1. The summed E-state index contributed by atoms with van der Waals surface area (Å²) in [7, 11) is 0. The SMILES string of the molecule is O=C(c1ccc2c(c1)OCO2)N(Cc1ccc(OCCN2CCOCC2)cc1)C[C@@H]1CCCO1. The normalized spacial score (nSPS) is 19.8. The highest BCUT2D eigenvalue weighted by atomic mass is 16.7. The van der Waals surface area contributed by atoms with E-state index >= 15 is 0 Å². The van der Waals surface area contributed by atoms with E-state index in [4.69, 9.17) is 23.7 Å². The summed E-state index contributed by atoms with van der Waals surface area (Å²) in [6, 6.07) is 13.4. The molecule has 34 heavy (non-hydrogen) atoms. The molecule has 2 fully saturated rings. The summed E-state index contributed by atoms with van der Waals surface area (Å²) >= 11 is 0. The molecule has 0 saturated carbocycles. The van der Waals surface area contributed by atoms with Gasteiger partial charge in [0.15, 0.2) is 11.5 Å². The van der Waals surface area contributed by atoms with Crippen LogP contribution in [0, 0.1) is 0 Å². The van der Waals surface area contributed by atoms with Gasteiger partial charge in [-0.15, -0.1) is 0 Å². The molecule has 3 heterocycles. The van der Waals surface area contributed by atoms with Gasteiger partial charge in [0.1, 0.15) is 12.4 Å². The molecule has 5 rings (SSSR count). The van der Waals surface area contributed by atoms with Crippen molar-refractivity contribution in [2.75, 3.05) is 59.4 Å². The fourth-order valence-electron chi connectivity index (χ4n) is 4.49. The lowest BCUT2D eigenvalue weighted by molar-refractivity contribution is 0.0322. The van der Waals surface area contributed by atoms with Crippen molar-refractivity contribution in [3.8, 4) is 17.2 Å². The second kappa shape index (κ2) is 11.1. The van der Waals surface area contributed by atoms with Gasteiger partial charge in [-0.25, -0.2) is 0 Å². The van der Waals surface area contributed by atoms with Crippen LogP contribution in [0.2, 0.25) is 0 Å². The van der Waals surface area contributed by atoms with Crippen LogP contribution in [0.3, 0.4) is 0 Å². The van der Waals surface area contributed by atoms with Gasteiger partial charge in [-0.1, -0.05) is 12.1 Å². The van der Waals surface area contributed by atoms with Crippen molar-refractivity contribution < 1.29 is 28.5 Å². The van der Waals surface area contributed by atoms with Gasteiger partial charge in [-0.3, -0.25) is 9.69 Å². The van der Waals surface area contributed by atoms with Crippen LogP contribution < -0.4 is 14.2 Å². The molecule has 0 aliphatic carbocycles. The Morgan fingerprint density at radius 2 is 1.85 bits per heavy atom. The molecule has 0 N–H and O–H groups in total. The van der Waals surface area contributed by atoms with E-state index in [0.717, 1.165) is 63.6 Å². The number of benzene rings is 2. The second-order valence-electron chi connectivity index (χ2n) is 8.84. The lowest BCUT2D eigenvalue weighted by Crippen LogP contribution is -2.38. The van der Waals surface area contributed by atoms with Crippen LogP contribution in [0.4, 0.5) is 0 Å². The number of nitrogens with zero attached hydrogens (tertiary/aromatic N) is 2. The molecule has 182 valence electrons. The Hall–Kier alpha value is -2.81. The van der Waals surface area contributed by atoms with Crippen LogP contribution in [-0.2, 0) is 16.0 Å². The van der Waals surface area contributed by atoms with E-state index in [-0.39, 0.29) is 18.8 Å². The molecule has 8 nitrogen and oxygen atoms in total. The van der Waals surface area contributed by atoms with Crippen molar-refractivity contribution in [2.24, 2.45) is 0 Å². The molecule has 8 heteroatoms. The Morgan fingerprint density at radius 3 is 2.65 bits per heavy atom. The van der Waals surface area contributed by atoms with Gasteiger partial charge in [0, 0.05) is 44.9 Å². The Balaban J connectivity index is 1.21. The molecule has 2 aromatic rings. The van der Waals surface area contributed by atoms with Crippen LogP contribution in [0.25, 0.3) is 0 Å². The lowest BCUT2D eigenvalue weighted by atomic mass is 10.1. The molecule has 0 aromatic heterocycles. The lowest BCUT2D eigenvalue weighted by Gasteiger charge is -2.26. The first kappa shape index (κ1) is 23.0. The van der Waals surface area contributed by atoms with Gasteiger partial charge in [0.2, 0.25) is 6.79 Å². The van der Waals surface area contributed by atoms with Crippen LogP contribution in [0.1, 0.15) is 28.8 Å². The van der Waals surface area contributed by atoms with Gasteiger partial charge >= 0.3 is 0 Å². The minimum Gasteiger partial charge on any atom is -0.492 e. The largest absolute Gasteiger partial charge is 0.492 e. The van der Waals surface area contributed by atoms with Crippen LogP contribution in [0.15, 0.2) is 42.5 Å². The fourth-order valence-corrected chi connectivity index (χ4v) is 4.49. The molecular weight excluding hydrogens is 436 g/mol. The van der Waals surface area contributed by atoms with E-state index in [9.17, 15) is 4.79 Å². The summed E-state index contributed by atoms with van der Waals surface area (Å²) in [6.07, 6.45) is 2.08. The third-order valence-corrected chi connectivity index (χ3v) is 6.43. The summed E-state index contributed by atoms with van der Waals surface area (Å²) < 4.78 is 28.0. The maximum absolute atomic E-state index is 13.4. The molecule has 0 bridgehead atoms. The zero-order valence-corrected chi connectivity index (χ0v) is 19.4. The highest BCUT2D eigenvalue weighted by Gasteiger charge is 2.25. The predicted molar refractivity (Wildman–Crippen MR) is 125 cm³/mol. The highest BCUT2D eigenvalue weighted by molar-refractivity contribution is 5.95. The first-order valence-electron chi connectivity index (χ1n) is 12.1. The number of hydrogen-bond donors (Lipinski definition) is 0. The molecule has 3 aliphatic rings. The maximum atomic E-state index is 13.4. The summed E-state index contributed by atoms with van der Waals surface area (Å²) in [5, 5.41) is 0. The van der Waals surface area contributed by atoms with Crippen molar-refractivity contribution in [1.29, 1.82) is 0 Å². The molecule has 0 unspecified atom stereocenters. The number of rotatable bonds is 9. The van der Waals surface area contributed by atoms with E-state index < -0.39 is 0 Å². The fraction of sp³-hybridized carbons (Fsp3) is 0.500. The molecule has 1 amide bonds. The van der Waals surface area contributed by atoms with Crippen LogP contribution in [0.5, 0.6) is 17.2 Å². The van der Waals surface area contributed by atoms with E-state index in [0.29, 0.717) is 36.8 Å². The first-order chi connectivity index (χ1) is 16.7. The quantitative estimate of drug-likeness (QED) is 0.561. The number of amides is 1. The Morgan fingerprint density at radius 1 is 1.03 bits per heavy atom. The van der Waals surface area contributed by atoms with E-state index in [1.54, 1.807) is 18.2 Å². The standard InChI is InChI=1S/C26H32N2O6/c29-26(21-5-8-24-25(16-21)34-19-33-24)28(18-23-2-1-12-31-23)17-20-3-6-22(7-4-20)32-15-11-27-9-13-30-14-10-27/h3-8,16,23H,1-2,9-15,17-19H2/t23-/m0/s1. The number of morpholine rings is 1. The summed E-state index contributed by atoms with van der Waals surface area (Å²) in [5.41, 5.74) is 1.64. The van der Waals surface area contributed by atoms with Crippen molar-refractivity contribution >= 4 is 5.91 Å². The third kappa shape index (κ3) is 5.81. The number of hydrogen-bond acceptors (Lipinski definition) is 7. The smallest absolute Gasteiger partial charge is 0.254 e. The van der Waals surface area contributed by atoms with Crippen LogP contribution >= 0.6 is 0 Å². The molecule has 0 spiro atoms. The van der Waals surface area contributed by atoms with E-state index in [2.05, 4.69) is 4.90 Å². The average molecular weight is 469 g/mol. The van der Waals surface area contributed by atoms with Gasteiger partial charge in [-0.05, 0) is 48.7 Å². The van der Waals surface area contributed by atoms with Crippen molar-refractivity contribution in [3.05, 3.63) is 53.6 Å². The number of carbonyl (C=O) groups is 1. The van der Waals surface area contributed by atoms with E-state index in [1.807, 2.05) is 29.2 Å². The Labute approximate surface area is 200 Å². The Kier molecular flexibility index (Phi) is 7.48. The summed E-state index contributed by atoms with van der Waals surface area (Å²) in [5.74, 6) is 2.08. The first-order valence-corrected chi connectivity index (χ1v) is 12.1. The van der Waals surface area contributed by atoms with Gasteiger partial charge in [0.25, 0.3) is 5.91 Å². The zero-order chi connectivity index (χ0) is 23.2. The molecular formula is C26H32N2O6. The molecule has 2 aromatic carbocycles. The summed E-state index contributed by atoms with van der Waals surface area (Å²) in [4.78, 5) is 17.6. The number of fused-ring (bicyclic) bond motifs is 1. The minimum atomic E-state index is -0.0420. The third-order valence-electron chi connectivity index (χ3n) is 6.43. The monoisotopic (exact) mass is 468 g/mol.